The van der Waals surface area contributed by atoms with Gasteiger partial charge in [0, 0.05) is 10.3 Å². The summed E-state index contributed by atoms with van der Waals surface area (Å²) in [7, 11) is 0. The van der Waals surface area contributed by atoms with Crippen LogP contribution < -0.4 is 5.32 Å². The summed E-state index contributed by atoms with van der Waals surface area (Å²) in [5, 5.41) is 4.32. The fraction of sp³-hybridized carbons (Fsp3) is 0.296. The maximum Gasteiger partial charge on any atom is 0.341 e. The zero-order chi connectivity index (χ0) is 23.8. The number of furan rings is 1. The first-order valence-electron chi connectivity index (χ1n) is 11.5. The number of hydrogen-bond acceptors (Lipinski definition) is 6. The van der Waals surface area contributed by atoms with E-state index in [-0.39, 0.29) is 18.0 Å². The Labute approximate surface area is 202 Å². The minimum Gasteiger partial charge on any atom is -0.463 e. The third-order valence-electron chi connectivity index (χ3n) is 6.02. The molecule has 3 heterocycles. The third kappa shape index (κ3) is 4.23. The van der Waals surface area contributed by atoms with Crippen molar-refractivity contribution in [2.45, 2.75) is 46.1 Å². The molecule has 0 saturated carbocycles. The number of amides is 1. The number of anilines is 1. The summed E-state index contributed by atoms with van der Waals surface area (Å²) in [6.45, 7) is 5.87. The van der Waals surface area contributed by atoms with Crippen molar-refractivity contribution in [2.75, 3.05) is 5.32 Å². The molecule has 6 nitrogen and oxygen atoms in total. The molecule has 0 bridgehead atoms. The minimum absolute atomic E-state index is 0.242. The first-order chi connectivity index (χ1) is 16.4. The number of pyridine rings is 1. The number of rotatable bonds is 5. The zero-order valence-corrected chi connectivity index (χ0v) is 20.2. The summed E-state index contributed by atoms with van der Waals surface area (Å²) in [6.07, 6.45) is 4.07. The topological polar surface area (TPSA) is 81.4 Å². The van der Waals surface area contributed by atoms with Crippen LogP contribution in [0.15, 0.2) is 53.1 Å². The van der Waals surface area contributed by atoms with E-state index < -0.39 is 0 Å². The third-order valence-corrected chi connectivity index (χ3v) is 7.19. The maximum atomic E-state index is 13.6. The van der Waals surface area contributed by atoms with E-state index in [2.05, 4.69) is 17.2 Å². The average Bonchev–Trinajstić information content (AvgIpc) is 3.45. The molecule has 3 aromatic heterocycles. The molecule has 1 N–H and O–H groups in total. The Bertz CT molecular complexity index is 1370. The van der Waals surface area contributed by atoms with Crippen molar-refractivity contribution >= 4 is 39.1 Å². The van der Waals surface area contributed by atoms with Gasteiger partial charge in [0.15, 0.2) is 5.76 Å². The zero-order valence-electron chi connectivity index (χ0n) is 19.4. The van der Waals surface area contributed by atoms with Crippen molar-refractivity contribution in [3.8, 4) is 11.5 Å². The molecule has 7 heteroatoms. The molecule has 1 atom stereocenters. The highest BCUT2D eigenvalue weighted by molar-refractivity contribution is 7.17. The van der Waals surface area contributed by atoms with Crippen LogP contribution in [0, 0.1) is 5.92 Å². The van der Waals surface area contributed by atoms with Crippen LogP contribution in [-0.2, 0) is 17.6 Å². The van der Waals surface area contributed by atoms with Crippen LogP contribution in [0.4, 0.5) is 5.00 Å². The summed E-state index contributed by atoms with van der Waals surface area (Å²) in [5.41, 5.74) is 3.26. The highest BCUT2D eigenvalue weighted by Gasteiger charge is 2.30. The number of hydrogen-bond donors (Lipinski definition) is 1. The summed E-state index contributed by atoms with van der Waals surface area (Å²) in [4.78, 5) is 32.5. The van der Waals surface area contributed by atoms with Gasteiger partial charge in [-0.05, 0) is 68.9 Å². The Morgan fingerprint density at radius 2 is 2.03 bits per heavy atom. The molecule has 1 aliphatic carbocycles. The number of nitrogens with one attached hydrogen (secondary N) is 1. The van der Waals surface area contributed by atoms with Gasteiger partial charge in [0.2, 0.25) is 0 Å². The number of ether oxygens (including phenoxy) is 1. The molecule has 1 aliphatic rings. The lowest BCUT2D eigenvalue weighted by Gasteiger charge is -2.19. The molecule has 5 rings (SSSR count). The summed E-state index contributed by atoms with van der Waals surface area (Å²) in [6, 6.07) is 12.8. The molecule has 1 unspecified atom stereocenters. The van der Waals surface area contributed by atoms with Gasteiger partial charge in [-0.1, -0.05) is 25.1 Å². The fourth-order valence-electron chi connectivity index (χ4n) is 4.41. The SMILES string of the molecule is CC1CCc2c(sc(NC(=O)c3cc(-c4ccco4)nc4ccccc34)c2C(=O)OC(C)C)C1. The van der Waals surface area contributed by atoms with E-state index in [0.29, 0.717) is 39.0 Å². The minimum atomic E-state index is -0.381. The van der Waals surface area contributed by atoms with Gasteiger partial charge in [0.1, 0.15) is 10.7 Å². The van der Waals surface area contributed by atoms with Crippen molar-refractivity contribution in [1.82, 2.24) is 4.98 Å². The second-order valence-electron chi connectivity index (χ2n) is 9.01. The van der Waals surface area contributed by atoms with Crippen molar-refractivity contribution in [3.05, 3.63) is 70.3 Å². The van der Waals surface area contributed by atoms with E-state index in [1.807, 2.05) is 44.2 Å². The lowest BCUT2D eigenvalue weighted by molar-refractivity contribution is 0.0378. The lowest BCUT2D eigenvalue weighted by Crippen LogP contribution is -2.19. The average molecular weight is 475 g/mol. The molecular weight excluding hydrogens is 448 g/mol. The molecule has 0 saturated heterocycles. The number of para-hydroxylation sites is 1. The van der Waals surface area contributed by atoms with Crippen LogP contribution >= 0.6 is 11.3 Å². The van der Waals surface area contributed by atoms with Crippen LogP contribution in [0.1, 0.15) is 58.3 Å². The summed E-state index contributed by atoms with van der Waals surface area (Å²) < 4.78 is 11.1. The van der Waals surface area contributed by atoms with Gasteiger partial charge >= 0.3 is 5.97 Å². The van der Waals surface area contributed by atoms with Gasteiger partial charge in [0.25, 0.3) is 5.91 Å². The molecule has 174 valence electrons. The van der Waals surface area contributed by atoms with Crippen LogP contribution in [0.2, 0.25) is 0 Å². The van der Waals surface area contributed by atoms with Crippen LogP contribution in [0.3, 0.4) is 0 Å². The molecule has 0 fully saturated rings. The molecule has 1 amide bonds. The molecule has 0 radical (unpaired) electrons. The molecular formula is C27H26N2O4S. The molecule has 0 spiro atoms. The lowest BCUT2D eigenvalue weighted by atomic mass is 9.88. The number of carbonyl (C=O) groups excluding carboxylic acids is 2. The van der Waals surface area contributed by atoms with Gasteiger partial charge in [-0.15, -0.1) is 11.3 Å². The van der Waals surface area contributed by atoms with Gasteiger partial charge in [0.05, 0.1) is 29.0 Å². The fourth-order valence-corrected chi connectivity index (χ4v) is 5.81. The predicted octanol–water partition coefficient (Wildman–Crippen LogP) is 6.50. The first kappa shape index (κ1) is 22.3. The molecule has 0 aliphatic heterocycles. The van der Waals surface area contributed by atoms with E-state index in [9.17, 15) is 9.59 Å². The number of fused-ring (bicyclic) bond motifs is 2. The molecule has 4 aromatic rings. The largest absolute Gasteiger partial charge is 0.463 e. The monoisotopic (exact) mass is 474 g/mol. The van der Waals surface area contributed by atoms with Crippen LogP contribution in [0.25, 0.3) is 22.4 Å². The van der Waals surface area contributed by atoms with E-state index >= 15 is 0 Å². The standard InChI is InChI=1S/C27H26N2O4S/c1-15(2)33-27(31)24-18-11-10-16(3)13-23(18)34-26(24)29-25(30)19-14-21(22-9-6-12-32-22)28-20-8-5-4-7-17(19)20/h4-9,12,14-16H,10-11,13H2,1-3H3,(H,29,30). The predicted molar refractivity (Wildman–Crippen MR) is 133 cm³/mol. The highest BCUT2D eigenvalue weighted by Crippen LogP contribution is 2.40. The number of nitrogens with zero attached hydrogens (tertiary/aromatic N) is 1. The Kier molecular flexibility index (Phi) is 5.96. The molecule has 34 heavy (non-hydrogen) atoms. The van der Waals surface area contributed by atoms with E-state index in [1.165, 1.54) is 11.3 Å². The van der Waals surface area contributed by atoms with Gasteiger partial charge in [-0.25, -0.2) is 9.78 Å². The smallest absolute Gasteiger partial charge is 0.341 e. The van der Waals surface area contributed by atoms with E-state index in [4.69, 9.17) is 9.15 Å². The van der Waals surface area contributed by atoms with Crippen molar-refractivity contribution in [2.24, 2.45) is 5.92 Å². The van der Waals surface area contributed by atoms with Gasteiger partial charge in [-0.2, -0.15) is 0 Å². The van der Waals surface area contributed by atoms with Crippen LogP contribution in [-0.4, -0.2) is 23.0 Å². The van der Waals surface area contributed by atoms with Crippen molar-refractivity contribution in [1.29, 1.82) is 0 Å². The number of benzene rings is 1. The maximum absolute atomic E-state index is 13.6. The number of thiophene rings is 1. The number of carbonyl (C=O) groups is 2. The van der Waals surface area contributed by atoms with E-state index in [0.717, 1.165) is 35.1 Å². The Morgan fingerprint density at radius 3 is 2.79 bits per heavy atom. The Morgan fingerprint density at radius 1 is 1.21 bits per heavy atom. The quantitative estimate of drug-likeness (QED) is 0.334. The van der Waals surface area contributed by atoms with Crippen LogP contribution in [0.5, 0.6) is 0 Å². The van der Waals surface area contributed by atoms with Gasteiger partial charge < -0.3 is 14.5 Å². The normalized spacial score (nSPS) is 15.4. The Balaban J connectivity index is 1.57. The Hall–Kier alpha value is -3.45. The number of esters is 1. The van der Waals surface area contributed by atoms with E-state index in [1.54, 1.807) is 18.4 Å². The summed E-state index contributed by atoms with van der Waals surface area (Å²) >= 11 is 1.48. The van der Waals surface area contributed by atoms with Crippen molar-refractivity contribution < 1.29 is 18.7 Å². The second-order valence-corrected chi connectivity index (χ2v) is 10.1. The first-order valence-corrected chi connectivity index (χ1v) is 12.3. The number of aromatic nitrogens is 1. The summed E-state index contributed by atoms with van der Waals surface area (Å²) in [5.74, 6) is 0.454. The second kappa shape index (κ2) is 9.06. The highest BCUT2D eigenvalue weighted by atomic mass is 32.1. The van der Waals surface area contributed by atoms with Crippen molar-refractivity contribution in [3.63, 3.8) is 0 Å². The van der Waals surface area contributed by atoms with Gasteiger partial charge in [-0.3, -0.25) is 4.79 Å². The molecule has 1 aromatic carbocycles.